The second-order valence-corrected chi connectivity index (χ2v) is 9.13. The van der Waals surface area contributed by atoms with Crippen LogP contribution in [0.25, 0.3) is 10.6 Å². The fraction of sp³-hybridized carbons (Fsp3) is 0.364. The van der Waals surface area contributed by atoms with E-state index in [0.717, 1.165) is 30.1 Å². The monoisotopic (exact) mass is 480 g/mol. The van der Waals surface area contributed by atoms with Crippen molar-refractivity contribution < 1.29 is 27.1 Å². The minimum absolute atomic E-state index is 0.150. The lowest BCUT2D eigenvalue weighted by atomic mass is 10.1. The van der Waals surface area contributed by atoms with Crippen LogP contribution in [-0.4, -0.2) is 27.5 Å². The molecule has 1 N–H and O–H groups in total. The average Bonchev–Trinajstić information content (AvgIpc) is 3.50. The summed E-state index contributed by atoms with van der Waals surface area (Å²) in [5, 5.41) is 3.00. The van der Waals surface area contributed by atoms with Gasteiger partial charge in [0, 0.05) is 29.0 Å². The first-order valence-corrected chi connectivity index (χ1v) is 11.0. The fourth-order valence-corrected chi connectivity index (χ4v) is 3.82. The SMILES string of the molecule is Cc1cnc(-c2cc(OCC3CC3)cc(C(=O)N[C@H](C)c3cnc(C(F)(F)F)nc3)c2F)s1. The minimum atomic E-state index is -4.67. The van der Waals surface area contributed by atoms with Crippen LogP contribution in [0, 0.1) is 18.7 Å². The summed E-state index contributed by atoms with van der Waals surface area (Å²) in [6.45, 7) is 3.86. The Morgan fingerprint density at radius 3 is 2.48 bits per heavy atom. The Balaban J connectivity index is 1.59. The molecule has 4 rings (SSSR count). The first-order chi connectivity index (χ1) is 15.6. The number of amides is 1. The van der Waals surface area contributed by atoms with Gasteiger partial charge in [0.05, 0.1) is 23.8 Å². The van der Waals surface area contributed by atoms with Gasteiger partial charge in [-0.15, -0.1) is 11.3 Å². The van der Waals surface area contributed by atoms with Crippen LogP contribution in [0.1, 0.15) is 52.4 Å². The van der Waals surface area contributed by atoms with Crippen LogP contribution in [0.15, 0.2) is 30.7 Å². The number of thiazole rings is 1. The van der Waals surface area contributed by atoms with Crippen LogP contribution in [-0.2, 0) is 6.18 Å². The molecule has 3 aromatic rings. The van der Waals surface area contributed by atoms with Gasteiger partial charge in [-0.3, -0.25) is 4.79 Å². The molecule has 0 saturated heterocycles. The number of aromatic nitrogens is 3. The van der Waals surface area contributed by atoms with Crippen molar-refractivity contribution in [1.82, 2.24) is 20.3 Å². The first-order valence-electron chi connectivity index (χ1n) is 10.2. The average molecular weight is 480 g/mol. The van der Waals surface area contributed by atoms with Gasteiger partial charge in [-0.05, 0) is 44.7 Å². The Hall–Kier alpha value is -3.08. The van der Waals surface area contributed by atoms with E-state index in [1.54, 1.807) is 13.1 Å². The molecule has 0 spiro atoms. The van der Waals surface area contributed by atoms with Crippen molar-refractivity contribution in [3.05, 3.63) is 58.4 Å². The number of ether oxygens (including phenoxy) is 1. The molecule has 1 saturated carbocycles. The molecular weight excluding hydrogens is 460 g/mol. The Morgan fingerprint density at radius 2 is 1.91 bits per heavy atom. The summed E-state index contributed by atoms with van der Waals surface area (Å²) in [4.78, 5) is 24.6. The molecule has 2 aromatic heterocycles. The van der Waals surface area contributed by atoms with E-state index in [1.165, 1.54) is 23.5 Å². The Kier molecular flexibility index (Phi) is 6.33. The van der Waals surface area contributed by atoms with E-state index in [2.05, 4.69) is 20.3 Å². The van der Waals surface area contributed by atoms with Gasteiger partial charge in [-0.25, -0.2) is 19.3 Å². The van der Waals surface area contributed by atoms with Crippen molar-refractivity contribution in [1.29, 1.82) is 0 Å². The van der Waals surface area contributed by atoms with Crippen LogP contribution in [0.5, 0.6) is 5.75 Å². The van der Waals surface area contributed by atoms with Gasteiger partial charge < -0.3 is 10.1 Å². The zero-order chi connectivity index (χ0) is 23.8. The highest BCUT2D eigenvalue weighted by molar-refractivity contribution is 7.14. The molecule has 2 heterocycles. The number of nitrogens with zero attached hydrogens (tertiary/aromatic N) is 3. The number of rotatable bonds is 7. The molecular formula is C22H20F4N4O2S. The lowest BCUT2D eigenvalue weighted by Crippen LogP contribution is -2.28. The molecule has 0 unspecified atom stereocenters. The van der Waals surface area contributed by atoms with Crippen molar-refractivity contribution in [2.45, 2.75) is 38.9 Å². The first kappa shape index (κ1) is 23.1. The quantitative estimate of drug-likeness (QED) is 0.462. The fourth-order valence-electron chi connectivity index (χ4n) is 3.05. The smallest absolute Gasteiger partial charge is 0.451 e. The van der Waals surface area contributed by atoms with E-state index >= 15 is 4.39 Å². The number of alkyl halides is 3. The van der Waals surface area contributed by atoms with Gasteiger partial charge in [0.2, 0.25) is 5.82 Å². The van der Waals surface area contributed by atoms with Gasteiger partial charge in [0.15, 0.2) is 0 Å². The molecule has 33 heavy (non-hydrogen) atoms. The molecule has 11 heteroatoms. The van der Waals surface area contributed by atoms with Crippen molar-refractivity contribution >= 4 is 17.2 Å². The molecule has 0 bridgehead atoms. The van der Waals surface area contributed by atoms with E-state index in [1.807, 2.05) is 6.92 Å². The van der Waals surface area contributed by atoms with E-state index in [9.17, 15) is 18.0 Å². The summed E-state index contributed by atoms with van der Waals surface area (Å²) < 4.78 is 59.2. The van der Waals surface area contributed by atoms with Crippen molar-refractivity contribution in [2.75, 3.05) is 6.61 Å². The predicted octanol–water partition coefficient (Wildman–Crippen LogP) is 5.35. The summed E-state index contributed by atoms with van der Waals surface area (Å²) in [5.41, 5.74) is 0.150. The van der Waals surface area contributed by atoms with Crippen molar-refractivity contribution in [3.63, 3.8) is 0 Å². The van der Waals surface area contributed by atoms with E-state index in [0.29, 0.717) is 23.3 Å². The van der Waals surface area contributed by atoms with Gasteiger partial charge in [0.25, 0.3) is 5.91 Å². The lowest BCUT2D eigenvalue weighted by Gasteiger charge is -2.16. The number of halogens is 4. The number of benzene rings is 1. The molecule has 174 valence electrons. The molecule has 0 radical (unpaired) electrons. The molecule has 1 aliphatic rings. The summed E-state index contributed by atoms with van der Waals surface area (Å²) in [6, 6.07) is 2.09. The highest BCUT2D eigenvalue weighted by Gasteiger charge is 2.34. The van der Waals surface area contributed by atoms with E-state index in [-0.39, 0.29) is 16.7 Å². The molecule has 1 fully saturated rings. The van der Waals surface area contributed by atoms with Gasteiger partial charge >= 0.3 is 6.18 Å². The normalized spacial score (nSPS) is 14.7. The molecule has 0 aliphatic heterocycles. The second-order valence-electron chi connectivity index (χ2n) is 7.90. The Morgan fingerprint density at radius 1 is 1.21 bits per heavy atom. The third-order valence-corrected chi connectivity index (χ3v) is 6.04. The lowest BCUT2D eigenvalue weighted by molar-refractivity contribution is -0.145. The third-order valence-electron chi connectivity index (χ3n) is 5.10. The molecule has 1 aliphatic carbocycles. The van der Waals surface area contributed by atoms with Crippen LogP contribution in [0.4, 0.5) is 17.6 Å². The van der Waals surface area contributed by atoms with Gasteiger partial charge in [-0.1, -0.05) is 0 Å². The molecule has 1 amide bonds. The number of aryl methyl sites for hydroxylation is 1. The van der Waals surface area contributed by atoms with Gasteiger partial charge in [-0.2, -0.15) is 13.2 Å². The Labute approximate surface area is 191 Å². The van der Waals surface area contributed by atoms with Crippen molar-refractivity contribution in [2.24, 2.45) is 5.92 Å². The maximum absolute atomic E-state index is 15.3. The third kappa shape index (κ3) is 5.47. The highest BCUT2D eigenvalue weighted by atomic mass is 32.1. The second kappa shape index (κ2) is 9.05. The number of hydrogen-bond donors (Lipinski definition) is 1. The number of carbonyl (C=O) groups is 1. The van der Waals surface area contributed by atoms with E-state index < -0.39 is 29.8 Å². The molecule has 1 atom stereocenters. The maximum atomic E-state index is 15.3. The summed E-state index contributed by atoms with van der Waals surface area (Å²) in [7, 11) is 0. The zero-order valence-corrected chi connectivity index (χ0v) is 18.6. The molecule has 6 nitrogen and oxygen atoms in total. The topological polar surface area (TPSA) is 77.0 Å². The largest absolute Gasteiger partial charge is 0.493 e. The molecule has 1 aromatic carbocycles. The standard InChI is InChI=1S/C22H20F4N4O2S/c1-11-7-27-20(33-11)17-6-15(32-10-13-3-4-13)5-16(18(17)23)19(31)30-12(2)14-8-28-21(29-9-14)22(24,25)26/h5-9,12-13H,3-4,10H2,1-2H3,(H,30,31)/t12-/m1/s1. The van der Waals surface area contributed by atoms with Crippen molar-refractivity contribution in [3.8, 4) is 16.3 Å². The van der Waals surface area contributed by atoms with Crippen LogP contribution >= 0.6 is 11.3 Å². The highest BCUT2D eigenvalue weighted by Crippen LogP contribution is 2.35. The van der Waals surface area contributed by atoms with E-state index in [4.69, 9.17) is 4.74 Å². The van der Waals surface area contributed by atoms with Crippen LogP contribution < -0.4 is 10.1 Å². The summed E-state index contributed by atoms with van der Waals surface area (Å²) in [6.07, 6.45) is 1.05. The zero-order valence-electron chi connectivity index (χ0n) is 17.7. The number of nitrogens with one attached hydrogen (secondary N) is 1. The van der Waals surface area contributed by atoms with Gasteiger partial charge in [0.1, 0.15) is 16.6 Å². The predicted molar refractivity (Wildman–Crippen MR) is 113 cm³/mol. The maximum Gasteiger partial charge on any atom is 0.451 e. The number of hydrogen-bond acceptors (Lipinski definition) is 6. The Bertz CT molecular complexity index is 1160. The van der Waals surface area contributed by atoms with Crippen LogP contribution in [0.2, 0.25) is 0 Å². The van der Waals surface area contributed by atoms with Crippen LogP contribution in [0.3, 0.4) is 0 Å². The summed E-state index contributed by atoms with van der Waals surface area (Å²) in [5.74, 6) is -1.97. The number of carbonyl (C=O) groups excluding carboxylic acids is 1. The summed E-state index contributed by atoms with van der Waals surface area (Å²) >= 11 is 1.29. The minimum Gasteiger partial charge on any atom is -0.493 e.